The minimum atomic E-state index is -4.08. The summed E-state index contributed by atoms with van der Waals surface area (Å²) < 4.78 is 35.7. The van der Waals surface area contributed by atoms with Crippen LogP contribution in [0.25, 0.3) is 0 Å². The Balaban J connectivity index is 2.06. The molecule has 0 aromatic heterocycles. The van der Waals surface area contributed by atoms with E-state index in [1.54, 1.807) is 0 Å². The fraction of sp³-hybridized carbons (Fsp3) is 0.636. The zero-order valence-corrected chi connectivity index (χ0v) is 18.7. The van der Waals surface area contributed by atoms with Gasteiger partial charge in [0.05, 0.1) is 0 Å². The van der Waals surface area contributed by atoms with Gasteiger partial charge < -0.3 is 10.1 Å². The van der Waals surface area contributed by atoms with Crippen LogP contribution in [-0.2, 0) is 25.5 Å². The van der Waals surface area contributed by atoms with Crippen LogP contribution in [0.2, 0.25) is 0 Å². The first-order valence-corrected chi connectivity index (χ1v) is 12.4. The Hall–Kier alpha value is -1.93. The Morgan fingerprint density at radius 1 is 0.900 bits per heavy atom. The summed E-state index contributed by atoms with van der Waals surface area (Å²) in [6, 6.07) is 5.98. The van der Waals surface area contributed by atoms with E-state index in [4.69, 9.17) is 9.29 Å². The predicted octanol–water partition coefficient (Wildman–Crippen LogP) is 4.41. The van der Waals surface area contributed by atoms with E-state index in [9.17, 15) is 18.0 Å². The minimum Gasteiger partial charge on any atom is -0.427 e. The molecule has 0 aliphatic rings. The second-order valence-electron chi connectivity index (χ2n) is 7.52. The average molecular weight is 442 g/mol. The van der Waals surface area contributed by atoms with Gasteiger partial charge in [0.25, 0.3) is 10.1 Å². The fourth-order valence-corrected chi connectivity index (χ4v) is 3.61. The number of ether oxygens (including phenoxy) is 1. The number of carbonyl (C=O) groups excluding carboxylic acids is 2. The molecule has 2 N–H and O–H groups in total. The molecule has 0 bridgehead atoms. The summed E-state index contributed by atoms with van der Waals surface area (Å²) in [5.74, 6) is -0.399. The number of nitrogens with one attached hydrogen (secondary N) is 1. The minimum absolute atomic E-state index is 0.0994. The first-order chi connectivity index (χ1) is 14.3. The van der Waals surface area contributed by atoms with Crippen molar-refractivity contribution in [1.29, 1.82) is 0 Å². The van der Waals surface area contributed by atoms with Gasteiger partial charge in [-0.15, -0.1) is 0 Å². The van der Waals surface area contributed by atoms with E-state index in [1.165, 1.54) is 49.9 Å². The predicted molar refractivity (Wildman–Crippen MR) is 117 cm³/mol. The SMILES string of the molecule is CCCCCCCCC(=O)NCCCCCC(=O)Oc1ccc(CS(=O)(=O)O)cc1. The third kappa shape index (κ3) is 14.1. The van der Waals surface area contributed by atoms with Crippen LogP contribution in [0.5, 0.6) is 5.75 Å². The summed E-state index contributed by atoms with van der Waals surface area (Å²) in [7, 11) is -4.08. The van der Waals surface area contributed by atoms with Crippen LogP contribution < -0.4 is 10.1 Å². The zero-order chi connectivity index (χ0) is 22.2. The van der Waals surface area contributed by atoms with Gasteiger partial charge in [0, 0.05) is 19.4 Å². The highest BCUT2D eigenvalue weighted by Gasteiger charge is 2.08. The van der Waals surface area contributed by atoms with E-state index in [-0.39, 0.29) is 18.3 Å². The third-order valence-corrected chi connectivity index (χ3v) is 5.34. The summed E-state index contributed by atoms with van der Waals surface area (Å²) in [4.78, 5) is 23.6. The zero-order valence-electron chi connectivity index (χ0n) is 17.9. The Labute approximate surface area is 180 Å². The molecule has 0 saturated carbocycles. The van der Waals surface area contributed by atoms with Gasteiger partial charge in [-0.25, -0.2) is 0 Å². The molecule has 7 nitrogen and oxygen atoms in total. The number of unbranched alkanes of at least 4 members (excludes halogenated alkanes) is 7. The van der Waals surface area contributed by atoms with E-state index in [0.717, 1.165) is 25.7 Å². The number of rotatable bonds is 16. The van der Waals surface area contributed by atoms with E-state index < -0.39 is 15.9 Å². The fourth-order valence-electron chi connectivity index (χ4n) is 3.00. The molecule has 0 aliphatic heterocycles. The van der Waals surface area contributed by atoms with Crippen molar-refractivity contribution in [3.63, 3.8) is 0 Å². The van der Waals surface area contributed by atoms with Crippen LogP contribution in [0.1, 0.15) is 83.1 Å². The first kappa shape index (κ1) is 26.1. The van der Waals surface area contributed by atoms with Gasteiger partial charge in [0.15, 0.2) is 0 Å². The van der Waals surface area contributed by atoms with Crippen molar-refractivity contribution < 1.29 is 27.3 Å². The largest absolute Gasteiger partial charge is 0.427 e. The highest BCUT2D eigenvalue weighted by molar-refractivity contribution is 7.85. The molecule has 1 amide bonds. The van der Waals surface area contributed by atoms with Crippen molar-refractivity contribution in [1.82, 2.24) is 5.32 Å². The monoisotopic (exact) mass is 441 g/mol. The van der Waals surface area contributed by atoms with Gasteiger partial charge in [-0.3, -0.25) is 14.1 Å². The maximum Gasteiger partial charge on any atom is 0.311 e. The number of benzene rings is 1. The first-order valence-electron chi connectivity index (χ1n) is 10.8. The smallest absolute Gasteiger partial charge is 0.311 e. The lowest BCUT2D eigenvalue weighted by Crippen LogP contribution is -2.24. The van der Waals surface area contributed by atoms with E-state index in [2.05, 4.69) is 12.2 Å². The molecule has 0 saturated heterocycles. The molecule has 1 aromatic carbocycles. The molecular weight excluding hydrogens is 406 g/mol. The van der Waals surface area contributed by atoms with Gasteiger partial charge in [-0.1, -0.05) is 57.6 Å². The van der Waals surface area contributed by atoms with Crippen molar-refractivity contribution in [3.05, 3.63) is 29.8 Å². The molecule has 8 heteroatoms. The second kappa shape index (κ2) is 15.0. The van der Waals surface area contributed by atoms with Crippen molar-refractivity contribution in [2.24, 2.45) is 0 Å². The molecule has 0 unspecified atom stereocenters. The maximum atomic E-state index is 11.9. The molecule has 0 spiro atoms. The molecular formula is C22H35NO6S. The van der Waals surface area contributed by atoms with Crippen LogP contribution >= 0.6 is 0 Å². The van der Waals surface area contributed by atoms with E-state index in [1.807, 2.05) is 0 Å². The van der Waals surface area contributed by atoms with Gasteiger partial charge in [-0.05, 0) is 37.0 Å². The molecule has 0 atom stereocenters. The second-order valence-corrected chi connectivity index (χ2v) is 8.98. The van der Waals surface area contributed by atoms with Crippen molar-refractivity contribution in [3.8, 4) is 5.75 Å². The standard InChI is InChI=1S/C22H35NO6S/c1-2-3-4-5-6-8-11-21(24)23-17-10-7-9-12-22(25)29-20-15-13-19(14-16-20)18-30(26,27)28/h13-16H,2-12,17-18H2,1H3,(H,23,24)(H,26,27,28). The van der Waals surface area contributed by atoms with Gasteiger partial charge in [-0.2, -0.15) is 8.42 Å². The Morgan fingerprint density at radius 3 is 2.17 bits per heavy atom. The summed E-state index contributed by atoms with van der Waals surface area (Å²) in [6.07, 6.45) is 10.2. The normalized spacial score (nSPS) is 11.3. The molecule has 30 heavy (non-hydrogen) atoms. The molecule has 0 aliphatic carbocycles. The van der Waals surface area contributed by atoms with Gasteiger partial charge >= 0.3 is 5.97 Å². The maximum absolute atomic E-state index is 11.9. The number of amides is 1. The topological polar surface area (TPSA) is 110 Å². The average Bonchev–Trinajstić information content (AvgIpc) is 2.67. The van der Waals surface area contributed by atoms with Crippen molar-refractivity contribution >= 4 is 22.0 Å². The molecule has 1 aromatic rings. The quantitative estimate of drug-likeness (QED) is 0.170. The van der Waals surface area contributed by atoms with Crippen molar-refractivity contribution in [2.45, 2.75) is 83.3 Å². The van der Waals surface area contributed by atoms with Crippen LogP contribution in [0.4, 0.5) is 0 Å². The molecule has 1 rings (SSSR count). The Kier molecular flexibility index (Phi) is 13.0. The van der Waals surface area contributed by atoms with E-state index >= 15 is 0 Å². The molecule has 170 valence electrons. The van der Waals surface area contributed by atoms with E-state index in [0.29, 0.717) is 30.7 Å². The highest BCUT2D eigenvalue weighted by Crippen LogP contribution is 2.15. The van der Waals surface area contributed by atoms with Crippen LogP contribution in [-0.4, -0.2) is 31.4 Å². The van der Waals surface area contributed by atoms with Crippen LogP contribution in [0, 0.1) is 0 Å². The van der Waals surface area contributed by atoms with Gasteiger partial charge in [0.1, 0.15) is 11.5 Å². The van der Waals surface area contributed by atoms with Crippen LogP contribution in [0.3, 0.4) is 0 Å². The molecule has 0 fully saturated rings. The van der Waals surface area contributed by atoms with Crippen LogP contribution in [0.15, 0.2) is 24.3 Å². The number of hydrogen-bond donors (Lipinski definition) is 2. The van der Waals surface area contributed by atoms with Crippen molar-refractivity contribution in [2.75, 3.05) is 6.54 Å². The number of esters is 1. The summed E-state index contributed by atoms with van der Waals surface area (Å²) >= 11 is 0. The Morgan fingerprint density at radius 2 is 1.50 bits per heavy atom. The lowest BCUT2D eigenvalue weighted by Gasteiger charge is -2.07. The number of hydrogen-bond acceptors (Lipinski definition) is 5. The third-order valence-electron chi connectivity index (χ3n) is 4.64. The number of carbonyl (C=O) groups is 2. The summed E-state index contributed by atoms with van der Waals surface area (Å²) in [6.45, 7) is 2.81. The van der Waals surface area contributed by atoms with Gasteiger partial charge in [0.2, 0.25) is 5.91 Å². The summed E-state index contributed by atoms with van der Waals surface area (Å²) in [5, 5.41) is 2.92. The highest BCUT2D eigenvalue weighted by atomic mass is 32.2. The lowest BCUT2D eigenvalue weighted by atomic mass is 10.1. The molecule has 0 radical (unpaired) electrons. The Bertz CT molecular complexity index is 730. The lowest BCUT2D eigenvalue weighted by molar-refractivity contribution is -0.134. The molecule has 0 heterocycles. The summed E-state index contributed by atoms with van der Waals surface area (Å²) in [5.41, 5.74) is 0.413.